The van der Waals surface area contributed by atoms with Gasteiger partial charge in [-0.3, -0.25) is 4.99 Å². The number of hydrogen-bond donors (Lipinski definition) is 2. The van der Waals surface area contributed by atoms with E-state index < -0.39 is 11.7 Å². The lowest BCUT2D eigenvalue weighted by Crippen LogP contribution is -2.38. The van der Waals surface area contributed by atoms with Crippen LogP contribution in [0.5, 0.6) is 0 Å². The first-order valence-electron chi connectivity index (χ1n) is 8.09. The molecule has 2 rings (SSSR count). The molecule has 4 nitrogen and oxygen atoms in total. The Labute approximate surface area is 184 Å². The van der Waals surface area contributed by atoms with Crippen molar-refractivity contribution < 1.29 is 13.2 Å². The van der Waals surface area contributed by atoms with Crippen molar-refractivity contribution in [1.29, 1.82) is 0 Å². The van der Waals surface area contributed by atoms with Crippen LogP contribution in [0.2, 0.25) is 5.15 Å². The van der Waals surface area contributed by atoms with Crippen LogP contribution < -0.4 is 10.6 Å². The maximum Gasteiger partial charge on any atom is 0.416 e. The lowest BCUT2D eigenvalue weighted by atomic mass is 10.1. The molecule has 0 amide bonds. The highest BCUT2D eigenvalue weighted by Crippen LogP contribution is 2.29. The summed E-state index contributed by atoms with van der Waals surface area (Å²) < 4.78 is 38.0. The molecule has 0 aliphatic carbocycles. The van der Waals surface area contributed by atoms with E-state index in [-0.39, 0.29) is 30.5 Å². The minimum Gasteiger partial charge on any atom is -0.356 e. The number of hydrogen-bond acceptors (Lipinski definition) is 2. The van der Waals surface area contributed by atoms with E-state index in [1.165, 1.54) is 12.1 Å². The fourth-order valence-electron chi connectivity index (χ4n) is 2.15. The number of halogens is 5. The minimum atomic E-state index is -4.37. The Balaban J connectivity index is 0.00000392. The Morgan fingerprint density at radius 3 is 2.64 bits per heavy atom. The first-order chi connectivity index (χ1) is 12.9. The summed E-state index contributed by atoms with van der Waals surface area (Å²) in [5, 5.41) is 6.56. The van der Waals surface area contributed by atoms with Crippen LogP contribution in [0, 0.1) is 11.8 Å². The van der Waals surface area contributed by atoms with Gasteiger partial charge in [0.1, 0.15) is 5.15 Å². The van der Waals surface area contributed by atoms with Crippen molar-refractivity contribution in [2.45, 2.75) is 12.6 Å². The van der Waals surface area contributed by atoms with Gasteiger partial charge >= 0.3 is 6.18 Å². The van der Waals surface area contributed by atoms with Crippen LogP contribution in [0.3, 0.4) is 0 Å². The standard InChI is InChI=1S/C19H18ClF3N4.HI/c1-24-18(26-11-9-15-7-8-17(20)27-13-15)25-10-3-5-14-4-2-6-16(12-14)19(21,22)23;/h2,4,6-8,12-13H,9-11H2,1H3,(H2,24,25,26);1H. The van der Waals surface area contributed by atoms with E-state index in [4.69, 9.17) is 11.6 Å². The predicted octanol–water partition coefficient (Wildman–Crippen LogP) is 4.13. The highest BCUT2D eigenvalue weighted by Gasteiger charge is 2.30. The monoisotopic (exact) mass is 522 g/mol. The van der Waals surface area contributed by atoms with E-state index in [1.54, 1.807) is 19.3 Å². The zero-order valence-corrected chi connectivity index (χ0v) is 18.1. The van der Waals surface area contributed by atoms with E-state index in [0.29, 0.717) is 23.2 Å². The lowest BCUT2D eigenvalue weighted by molar-refractivity contribution is -0.137. The Morgan fingerprint density at radius 1 is 1.21 bits per heavy atom. The Bertz CT molecular complexity index is 843. The zero-order chi connectivity index (χ0) is 19.7. The van der Waals surface area contributed by atoms with Crippen molar-refractivity contribution in [2.75, 3.05) is 20.1 Å². The van der Waals surface area contributed by atoms with Gasteiger partial charge in [-0.15, -0.1) is 24.0 Å². The molecule has 1 aromatic carbocycles. The minimum absolute atomic E-state index is 0. The van der Waals surface area contributed by atoms with Crippen molar-refractivity contribution >= 4 is 41.5 Å². The smallest absolute Gasteiger partial charge is 0.356 e. The molecule has 0 radical (unpaired) electrons. The number of nitrogens with one attached hydrogen (secondary N) is 2. The average Bonchev–Trinajstić information content (AvgIpc) is 2.65. The number of rotatable bonds is 4. The van der Waals surface area contributed by atoms with Crippen LogP contribution in [-0.4, -0.2) is 31.1 Å². The number of aliphatic imine (C=N–C) groups is 1. The third kappa shape index (κ3) is 8.35. The lowest BCUT2D eigenvalue weighted by Gasteiger charge is -2.09. The van der Waals surface area contributed by atoms with Gasteiger partial charge in [0.25, 0.3) is 0 Å². The highest BCUT2D eigenvalue weighted by molar-refractivity contribution is 14.0. The molecule has 0 spiro atoms. The quantitative estimate of drug-likeness (QED) is 0.209. The summed E-state index contributed by atoms with van der Waals surface area (Å²) in [7, 11) is 1.62. The van der Waals surface area contributed by atoms with Gasteiger partial charge in [-0.05, 0) is 36.2 Å². The third-order valence-corrected chi connectivity index (χ3v) is 3.71. The first-order valence-corrected chi connectivity index (χ1v) is 8.47. The summed E-state index contributed by atoms with van der Waals surface area (Å²) in [5.74, 6) is 6.04. The number of guanidine groups is 1. The molecule has 1 heterocycles. The van der Waals surface area contributed by atoms with Crippen molar-refractivity contribution in [1.82, 2.24) is 15.6 Å². The second kappa shape index (κ2) is 11.8. The van der Waals surface area contributed by atoms with Crippen molar-refractivity contribution in [3.8, 4) is 11.8 Å². The third-order valence-electron chi connectivity index (χ3n) is 3.49. The van der Waals surface area contributed by atoms with Gasteiger partial charge in [0.2, 0.25) is 0 Å². The number of alkyl halides is 3. The fraction of sp³-hybridized carbons (Fsp3) is 0.263. The Kier molecular flexibility index (Phi) is 10.1. The van der Waals surface area contributed by atoms with Gasteiger partial charge in [0.05, 0.1) is 12.1 Å². The first kappa shape index (κ1) is 24.0. The fourth-order valence-corrected chi connectivity index (χ4v) is 2.26. The maximum atomic E-state index is 12.7. The summed E-state index contributed by atoms with van der Waals surface area (Å²) in [6, 6.07) is 8.55. The molecule has 9 heteroatoms. The topological polar surface area (TPSA) is 49.3 Å². The van der Waals surface area contributed by atoms with Gasteiger partial charge in [-0.2, -0.15) is 13.2 Å². The van der Waals surface area contributed by atoms with Gasteiger partial charge in [0, 0.05) is 25.4 Å². The molecule has 150 valence electrons. The molecule has 2 aromatic rings. The van der Waals surface area contributed by atoms with E-state index in [1.807, 2.05) is 6.07 Å². The van der Waals surface area contributed by atoms with E-state index in [9.17, 15) is 13.2 Å². The molecular weight excluding hydrogens is 504 g/mol. The van der Waals surface area contributed by atoms with Gasteiger partial charge < -0.3 is 10.6 Å². The molecule has 28 heavy (non-hydrogen) atoms. The molecule has 0 aliphatic rings. The van der Waals surface area contributed by atoms with Gasteiger partial charge in [-0.1, -0.05) is 35.6 Å². The summed E-state index contributed by atoms with van der Waals surface area (Å²) in [4.78, 5) is 8.08. The molecule has 0 bridgehead atoms. The molecule has 0 fully saturated rings. The average molecular weight is 523 g/mol. The second-order valence-electron chi connectivity index (χ2n) is 5.47. The molecule has 0 unspecified atom stereocenters. The summed E-state index contributed by atoms with van der Waals surface area (Å²) in [5.41, 5.74) is 0.632. The second-order valence-corrected chi connectivity index (χ2v) is 5.86. The van der Waals surface area contributed by atoms with Gasteiger partial charge in [-0.25, -0.2) is 4.98 Å². The summed E-state index contributed by atoms with van der Waals surface area (Å²) in [6.07, 6.45) is -1.93. The number of benzene rings is 1. The van der Waals surface area contributed by atoms with Crippen molar-refractivity contribution in [3.63, 3.8) is 0 Å². The zero-order valence-electron chi connectivity index (χ0n) is 15.0. The number of nitrogens with zero attached hydrogens (tertiary/aromatic N) is 2. The van der Waals surface area contributed by atoms with Crippen molar-refractivity contribution in [2.24, 2.45) is 4.99 Å². The molecule has 2 N–H and O–H groups in total. The number of aromatic nitrogens is 1. The van der Waals surface area contributed by atoms with Gasteiger partial charge in [0.15, 0.2) is 5.96 Å². The maximum absolute atomic E-state index is 12.7. The predicted molar refractivity (Wildman–Crippen MR) is 116 cm³/mol. The van der Waals surface area contributed by atoms with E-state index in [2.05, 4.69) is 32.5 Å². The molecule has 0 aliphatic heterocycles. The highest BCUT2D eigenvalue weighted by atomic mass is 127. The molecule has 0 atom stereocenters. The van der Waals surface area contributed by atoms with E-state index in [0.717, 1.165) is 24.1 Å². The van der Waals surface area contributed by atoms with Crippen LogP contribution in [0.4, 0.5) is 13.2 Å². The normalized spacial score (nSPS) is 11.1. The van der Waals surface area contributed by atoms with Crippen LogP contribution in [0.1, 0.15) is 16.7 Å². The van der Waals surface area contributed by atoms with Crippen LogP contribution >= 0.6 is 35.6 Å². The molecule has 0 saturated carbocycles. The Hall–Kier alpha value is -1.99. The Morgan fingerprint density at radius 2 is 2.00 bits per heavy atom. The largest absolute Gasteiger partial charge is 0.416 e. The number of pyridine rings is 1. The summed E-state index contributed by atoms with van der Waals surface area (Å²) in [6.45, 7) is 0.877. The summed E-state index contributed by atoms with van der Waals surface area (Å²) >= 11 is 5.74. The van der Waals surface area contributed by atoms with Crippen LogP contribution in [-0.2, 0) is 12.6 Å². The molecule has 0 saturated heterocycles. The van der Waals surface area contributed by atoms with E-state index >= 15 is 0 Å². The van der Waals surface area contributed by atoms with Crippen LogP contribution in [0.25, 0.3) is 0 Å². The molecular formula is C19H19ClF3IN4. The SMILES string of the molecule is CN=C(NCC#Cc1cccc(C(F)(F)F)c1)NCCc1ccc(Cl)nc1.I. The van der Waals surface area contributed by atoms with Crippen molar-refractivity contribution in [3.05, 3.63) is 64.4 Å². The van der Waals surface area contributed by atoms with Crippen LogP contribution in [0.15, 0.2) is 47.6 Å². The molecule has 1 aromatic heterocycles.